The van der Waals surface area contributed by atoms with Crippen molar-refractivity contribution < 1.29 is 14.9 Å². The fourth-order valence-corrected chi connectivity index (χ4v) is 1.83. The molecule has 103 valence electrons. The van der Waals surface area contributed by atoms with Gasteiger partial charge in [0.15, 0.2) is 0 Å². The Balaban J connectivity index is 3.99. The van der Waals surface area contributed by atoms with Crippen LogP contribution in [0.2, 0.25) is 0 Å². The summed E-state index contributed by atoms with van der Waals surface area (Å²) >= 11 is 0. The van der Waals surface area contributed by atoms with Gasteiger partial charge >= 0.3 is 0 Å². The van der Waals surface area contributed by atoms with Crippen LogP contribution in [0.3, 0.4) is 0 Å². The Morgan fingerprint density at radius 3 is 2.29 bits per heavy atom. The van der Waals surface area contributed by atoms with Crippen LogP contribution in [0.15, 0.2) is 0 Å². The van der Waals surface area contributed by atoms with Gasteiger partial charge in [0.2, 0.25) is 0 Å². The van der Waals surface area contributed by atoms with E-state index in [0.717, 1.165) is 6.42 Å². The van der Waals surface area contributed by atoms with E-state index >= 15 is 0 Å². The van der Waals surface area contributed by atoms with Crippen molar-refractivity contribution in [2.45, 2.75) is 71.2 Å². The van der Waals surface area contributed by atoms with Gasteiger partial charge in [-0.25, -0.2) is 0 Å². The zero-order valence-corrected chi connectivity index (χ0v) is 11.6. The molecular weight excluding hydrogens is 216 g/mol. The molecule has 0 aliphatic carbocycles. The largest absolute Gasteiger partial charge is 0.393 e. The van der Waals surface area contributed by atoms with Gasteiger partial charge in [-0.05, 0) is 26.2 Å². The Kier molecular flexibility index (Phi) is 9.79. The predicted octanol–water partition coefficient (Wildman–Crippen LogP) is 2.55. The maximum Gasteiger partial charge on any atom is 0.0858 e. The fraction of sp³-hybridized carbons (Fsp3) is 0.929. The lowest BCUT2D eigenvalue weighted by molar-refractivity contribution is -0.0543. The van der Waals surface area contributed by atoms with E-state index in [2.05, 4.69) is 20.8 Å². The highest BCUT2D eigenvalue weighted by Gasteiger charge is 2.19. The van der Waals surface area contributed by atoms with Gasteiger partial charge in [0.25, 0.3) is 0 Å². The molecule has 4 unspecified atom stereocenters. The van der Waals surface area contributed by atoms with Crippen LogP contribution >= 0.6 is 0 Å². The standard InChI is InChI=1S/C14H29O3/c1-5-7-8-13(6-2)10-17-14(12(4)16)9-11(3)15/h11-16H,4-10H2,1-3H3. The van der Waals surface area contributed by atoms with E-state index in [1.54, 1.807) is 6.92 Å². The summed E-state index contributed by atoms with van der Waals surface area (Å²) < 4.78 is 5.69. The van der Waals surface area contributed by atoms with Crippen molar-refractivity contribution in [1.82, 2.24) is 0 Å². The summed E-state index contributed by atoms with van der Waals surface area (Å²) in [4.78, 5) is 0. The van der Waals surface area contributed by atoms with Gasteiger partial charge in [-0.2, -0.15) is 0 Å². The van der Waals surface area contributed by atoms with Gasteiger partial charge in [0, 0.05) is 13.0 Å². The minimum atomic E-state index is -0.770. The normalized spacial score (nSPS) is 18.7. The van der Waals surface area contributed by atoms with Crippen molar-refractivity contribution in [3.8, 4) is 0 Å². The minimum absolute atomic E-state index is 0.356. The molecule has 0 fully saturated rings. The summed E-state index contributed by atoms with van der Waals surface area (Å²) in [6.45, 7) is 10.3. The second-order valence-electron chi connectivity index (χ2n) is 4.94. The lowest BCUT2D eigenvalue weighted by Gasteiger charge is -2.24. The Morgan fingerprint density at radius 1 is 1.24 bits per heavy atom. The van der Waals surface area contributed by atoms with Crippen LogP contribution in [-0.4, -0.2) is 35.1 Å². The van der Waals surface area contributed by atoms with E-state index in [0.29, 0.717) is 18.9 Å². The molecule has 1 radical (unpaired) electrons. The van der Waals surface area contributed by atoms with Crippen molar-refractivity contribution in [3.05, 3.63) is 6.92 Å². The molecule has 0 aromatic carbocycles. The van der Waals surface area contributed by atoms with Gasteiger partial charge in [-0.3, -0.25) is 0 Å². The number of aliphatic hydroxyl groups is 2. The first-order valence-electron chi connectivity index (χ1n) is 6.82. The summed E-state index contributed by atoms with van der Waals surface area (Å²) in [6, 6.07) is 0. The SMILES string of the molecule is [CH2]C(O)C(CC(C)O)OCC(CC)CCCC. The molecule has 0 aromatic heterocycles. The van der Waals surface area contributed by atoms with E-state index in [1.165, 1.54) is 19.3 Å². The summed E-state index contributed by atoms with van der Waals surface area (Å²) in [5.74, 6) is 0.546. The monoisotopic (exact) mass is 245 g/mol. The van der Waals surface area contributed by atoms with Gasteiger partial charge in [0.1, 0.15) is 0 Å². The van der Waals surface area contributed by atoms with Crippen LogP contribution in [0.4, 0.5) is 0 Å². The van der Waals surface area contributed by atoms with Crippen molar-refractivity contribution in [1.29, 1.82) is 0 Å². The number of ether oxygens (including phenoxy) is 1. The van der Waals surface area contributed by atoms with Gasteiger partial charge in [0.05, 0.1) is 18.3 Å². The number of hydrogen-bond acceptors (Lipinski definition) is 3. The van der Waals surface area contributed by atoms with Gasteiger partial charge in [-0.15, -0.1) is 0 Å². The van der Waals surface area contributed by atoms with Crippen molar-refractivity contribution in [3.63, 3.8) is 0 Å². The average Bonchev–Trinajstić information content (AvgIpc) is 2.26. The lowest BCUT2D eigenvalue weighted by Crippen LogP contribution is -2.31. The minimum Gasteiger partial charge on any atom is -0.393 e. The first-order valence-corrected chi connectivity index (χ1v) is 6.82. The maximum absolute atomic E-state index is 9.48. The summed E-state index contributed by atoms with van der Waals surface area (Å²) in [7, 11) is 0. The summed E-state index contributed by atoms with van der Waals surface area (Å²) in [5, 5.41) is 18.8. The Hall–Kier alpha value is -0.120. The highest BCUT2D eigenvalue weighted by Crippen LogP contribution is 2.16. The first kappa shape index (κ1) is 16.9. The molecule has 17 heavy (non-hydrogen) atoms. The smallest absolute Gasteiger partial charge is 0.0858 e. The molecule has 3 heteroatoms. The van der Waals surface area contributed by atoms with E-state index in [-0.39, 0.29) is 6.10 Å². The maximum atomic E-state index is 9.48. The Bertz CT molecular complexity index is 169. The zero-order chi connectivity index (χ0) is 13.3. The zero-order valence-electron chi connectivity index (χ0n) is 11.6. The number of rotatable bonds is 10. The third-order valence-electron chi connectivity index (χ3n) is 3.09. The van der Waals surface area contributed by atoms with E-state index in [1.807, 2.05) is 0 Å². The Morgan fingerprint density at radius 2 is 1.88 bits per heavy atom. The molecule has 0 aliphatic rings. The molecule has 0 saturated heterocycles. The molecule has 4 atom stereocenters. The van der Waals surface area contributed by atoms with E-state index < -0.39 is 12.2 Å². The van der Waals surface area contributed by atoms with Crippen LogP contribution in [0.5, 0.6) is 0 Å². The number of unbranched alkanes of at least 4 members (excludes halogenated alkanes) is 1. The van der Waals surface area contributed by atoms with Crippen molar-refractivity contribution in [2.75, 3.05) is 6.61 Å². The van der Waals surface area contributed by atoms with Gasteiger partial charge in [-0.1, -0.05) is 33.1 Å². The van der Waals surface area contributed by atoms with E-state index in [9.17, 15) is 10.2 Å². The molecule has 0 rings (SSSR count). The quantitative estimate of drug-likeness (QED) is 0.622. The molecule has 0 aromatic rings. The van der Waals surface area contributed by atoms with Gasteiger partial charge < -0.3 is 14.9 Å². The second kappa shape index (κ2) is 9.86. The fourth-order valence-electron chi connectivity index (χ4n) is 1.83. The molecule has 0 amide bonds. The van der Waals surface area contributed by atoms with Crippen LogP contribution in [0.1, 0.15) is 52.9 Å². The first-order chi connectivity index (χ1) is 8.01. The predicted molar refractivity (Wildman–Crippen MR) is 70.7 cm³/mol. The topological polar surface area (TPSA) is 49.7 Å². The van der Waals surface area contributed by atoms with Crippen LogP contribution in [-0.2, 0) is 4.74 Å². The number of aliphatic hydroxyl groups excluding tert-OH is 2. The molecule has 0 aliphatic heterocycles. The van der Waals surface area contributed by atoms with Crippen LogP contribution < -0.4 is 0 Å². The Labute approximate surface area is 106 Å². The number of hydrogen-bond donors (Lipinski definition) is 2. The molecule has 0 saturated carbocycles. The second-order valence-corrected chi connectivity index (χ2v) is 4.94. The molecule has 0 heterocycles. The molecule has 2 N–H and O–H groups in total. The highest BCUT2D eigenvalue weighted by molar-refractivity contribution is 4.73. The van der Waals surface area contributed by atoms with Crippen molar-refractivity contribution >= 4 is 0 Å². The third kappa shape index (κ3) is 8.58. The molecular formula is C14H29O3. The lowest BCUT2D eigenvalue weighted by atomic mass is 10.00. The van der Waals surface area contributed by atoms with Crippen molar-refractivity contribution in [2.24, 2.45) is 5.92 Å². The molecule has 3 nitrogen and oxygen atoms in total. The summed E-state index contributed by atoms with van der Waals surface area (Å²) in [5.41, 5.74) is 0. The van der Waals surface area contributed by atoms with E-state index in [4.69, 9.17) is 4.74 Å². The summed E-state index contributed by atoms with van der Waals surface area (Å²) in [6.07, 6.45) is 3.53. The third-order valence-corrected chi connectivity index (χ3v) is 3.09. The van der Waals surface area contributed by atoms with Crippen LogP contribution in [0.25, 0.3) is 0 Å². The molecule has 0 spiro atoms. The molecule has 0 bridgehead atoms. The van der Waals surface area contributed by atoms with Crippen LogP contribution in [0, 0.1) is 12.8 Å². The highest BCUT2D eigenvalue weighted by atomic mass is 16.5. The average molecular weight is 245 g/mol.